The molecule has 0 fully saturated rings. The molecule has 0 saturated heterocycles. The van der Waals surface area contributed by atoms with Crippen molar-refractivity contribution in [2.75, 3.05) is 0 Å². The van der Waals surface area contributed by atoms with Crippen LogP contribution >= 0.6 is 11.6 Å². The Morgan fingerprint density at radius 2 is 1.43 bits per heavy atom. The Labute approximate surface area is 139 Å². The maximum absolute atomic E-state index is 6.42. The number of benzene rings is 3. The van der Waals surface area contributed by atoms with E-state index in [1.807, 2.05) is 60.7 Å². The number of hydrogen-bond acceptors (Lipinski definition) is 2. The van der Waals surface area contributed by atoms with Gasteiger partial charge in [-0.2, -0.15) is 5.10 Å². The molecule has 2 nitrogen and oxygen atoms in total. The van der Waals surface area contributed by atoms with Crippen molar-refractivity contribution in [3.63, 3.8) is 0 Å². The molecule has 0 aliphatic rings. The first kappa shape index (κ1) is 13.9. The SMILES string of the molecule is Clc1ccccc1-c1cccc2cnnc(-c3ccccc3)c12. The number of halogens is 1. The molecule has 1 heterocycles. The van der Waals surface area contributed by atoms with Crippen molar-refractivity contribution < 1.29 is 0 Å². The van der Waals surface area contributed by atoms with Crippen LogP contribution in [0.4, 0.5) is 0 Å². The molecular formula is C20H13ClN2. The van der Waals surface area contributed by atoms with E-state index in [4.69, 9.17) is 11.6 Å². The van der Waals surface area contributed by atoms with Gasteiger partial charge in [0.1, 0.15) is 5.69 Å². The molecule has 0 saturated carbocycles. The lowest BCUT2D eigenvalue weighted by Gasteiger charge is -2.11. The number of nitrogens with zero attached hydrogens (tertiary/aromatic N) is 2. The third kappa shape index (κ3) is 2.47. The molecule has 0 bridgehead atoms. The van der Waals surface area contributed by atoms with Gasteiger partial charge in [0.25, 0.3) is 0 Å². The fraction of sp³-hybridized carbons (Fsp3) is 0. The van der Waals surface area contributed by atoms with Crippen molar-refractivity contribution in [3.05, 3.63) is 84.0 Å². The van der Waals surface area contributed by atoms with Gasteiger partial charge in [0.15, 0.2) is 0 Å². The van der Waals surface area contributed by atoms with Gasteiger partial charge < -0.3 is 0 Å². The Bertz CT molecular complexity index is 976. The molecule has 1 aromatic heterocycles. The van der Waals surface area contributed by atoms with Crippen molar-refractivity contribution in [1.29, 1.82) is 0 Å². The Hall–Kier alpha value is -2.71. The fourth-order valence-electron chi connectivity index (χ4n) is 2.84. The van der Waals surface area contributed by atoms with E-state index in [0.29, 0.717) is 0 Å². The van der Waals surface area contributed by atoms with E-state index in [9.17, 15) is 0 Å². The Balaban J connectivity index is 2.09. The van der Waals surface area contributed by atoms with Crippen LogP contribution in [0.3, 0.4) is 0 Å². The molecule has 3 heteroatoms. The van der Waals surface area contributed by atoms with Crippen molar-refractivity contribution in [3.8, 4) is 22.4 Å². The van der Waals surface area contributed by atoms with E-state index < -0.39 is 0 Å². The minimum atomic E-state index is 0.732. The Morgan fingerprint density at radius 3 is 2.26 bits per heavy atom. The molecule has 0 aliphatic carbocycles. The zero-order valence-electron chi connectivity index (χ0n) is 12.3. The zero-order chi connectivity index (χ0) is 15.6. The van der Waals surface area contributed by atoms with Gasteiger partial charge >= 0.3 is 0 Å². The summed E-state index contributed by atoms with van der Waals surface area (Å²) in [5, 5.41) is 11.4. The van der Waals surface area contributed by atoms with Crippen LogP contribution in [-0.4, -0.2) is 10.2 Å². The summed E-state index contributed by atoms with van der Waals surface area (Å²) >= 11 is 6.42. The van der Waals surface area contributed by atoms with E-state index in [2.05, 4.69) is 22.3 Å². The molecule has 0 aliphatic heterocycles. The molecule has 0 spiro atoms. The second-order valence-electron chi connectivity index (χ2n) is 5.31. The van der Waals surface area contributed by atoms with Crippen LogP contribution in [0.5, 0.6) is 0 Å². The first-order valence-corrected chi connectivity index (χ1v) is 7.77. The van der Waals surface area contributed by atoms with Gasteiger partial charge in [-0.25, -0.2) is 0 Å². The highest BCUT2D eigenvalue weighted by atomic mass is 35.5. The molecule has 3 aromatic carbocycles. The number of fused-ring (bicyclic) bond motifs is 1. The minimum Gasteiger partial charge on any atom is -0.158 e. The van der Waals surface area contributed by atoms with Crippen molar-refractivity contribution in [2.45, 2.75) is 0 Å². The van der Waals surface area contributed by atoms with Crippen molar-refractivity contribution >= 4 is 22.4 Å². The summed E-state index contributed by atoms with van der Waals surface area (Å²) in [6, 6.07) is 24.1. The smallest absolute Gasteiger partial charge is 0.101 e. The van der Waals surface area contributed by atoms with Crippen LogP contribution < -0.4 is 0 Å². The van der Waals surface area contributed by atoms with Crippen molar-refractivity contribution in [1.82, 2.24) is 10.2 Å². The Morgan fingerprint density at radius 1 is 0.696 bits per heavy atom. The monoisotopic (exact) mass is 316 g/mol. The lowest BCUT2D eigenvalue weighted by Crippen LogP contribution is -1.92. The van der Waals surface area contributed by atoms with E-state index in [0.717, 1.165) is 38.2 Å². The maximum Gasteiger partial charge on any atom is 0.101 e. The van der Waals surface area contributed by atoms with Crippen LogP contribution in [0.1, 0.15) is 0 Å². The third-order valence-corrected chi connectivity index (χ3v) is 4.23. The third-order valence-electron chi connectivity index (χ3n) is 3.90. The Kier molecular flexibility index (Phi) is 3.52. The van der Waals surface area contributed by atoms with Crippen LogP contribution in [0, 0.1) is 0 Å². The first-order valence-electron chi connectivity index (χ1n) is 7.39. The molecule has 0 N–H and O–H groups in total. The van der Waals surface area contributed by atoms with E-state index in [-0.39, 0.29) is 0 Å². The lowest BCUT2D eigenvalue weighted by atomic mass is 9.96. The normalized spacial score (nSPS) is 10.8. The summed E-state index contributed by atoms with van der Waals surface area (Å²) in [7, 11) is 0. The molecule has 0 radical (unpaired) electrons. The van der Waals surface area contributed by atoms with Crippen LogP contribution in [0.2, 0.25) is 5.02 Å². The summed E-state index contributed by atoms with van der Waals surface area (Å²) in [5.41, 5.74) is 4.00. The van der Waals surface area contributed by atoms with Crippen LogP contribution in [0.15, 0.2) is 79.0 Å². The highest BCUT2D eigenvalue weighted by Gasteiger charge is 2.13. The van der Waals surface area contributed by atoms with E-state index in [1.165, 1.54) is 0 Å². The van der Waals surface area contributed by atoms with Crippen LogP contribution in [0.25, 0.3) is 33.2 Å². The van der Waals surface area contributed by atoms with Gasteiger partial charge in [-0.15, -0.1) is 5.10 Å². The first-order chi connectivity index (χ1) is 11.3. The molecule has 0 unspecified atom stereocenters. The molecule has 4 aromatic rings. The predicted octanol–water partition coefficient (Wildman–Crippen LogP) is 5.62. The highest BCUT2D eigenvalue weighted by Crippen LogP contribution is 2.37. The standard InChI is InChI=1S/C20H13ClN2/c21-18-12-5-4-10-16(18)17-11-6-9-15-13-22-23-20(19(15)17)14-7-2-1-3-8-14/h1-13H. The summed E-state index contributed by atoms with van der Waals surface area (Å²) in [4.78, 5) is 0. The molecular weight excluding hydrogens is 304 g/mol. The van der Waals surface area contributed by atoms with Gasteiger partial charge in [-0.1, -0.05) is 78.3 Å². The number of rotatable bonds is 2. The van der Waals surface area contributed by atoms with Gasteiger partial charge in [0.2, 0.25) is 0 Å². The summed E-state index contributed by atoms with van der Waals surface area (Å²) < 4.78 is 0. The average Bonchev–Trinajstić information content (AvgIpc) is 2.62. The molecule has 0 atom stereocenters. The molecule has 4 rings (SSSR count). The highest BCUT2D eigenvalue weighted by molar-refractivity contribution is 6.33. The van der Waals surface area contributed by atoms with E-state index in [1.54, 1.807) is 6.20 Å². The molecule has 0 amide bonds. The summed E-state index contributed by atoms with van der Waals surface area (Å²) in [6.07, 6.45) is 1.79. The fourth-order valence-corrected chi connectivity index (χ4v) is 3.08. The van der Waals surface area contributed by atoms with Crippen LogP contribution in [-0.2, 0) is 0 Å². The maximum atomic E-state index is 6.42. The average molecular weight is 317 g/mol. The van der Waals surface area contributed by atoms with Gasteiger partial charge in [0.05, 0.1) is 6.20 Å². The lowest BCUT2D eigenvalue weighted by molar-refractivity contribution is 1.06. The minimum absolute atomic E-state index is 0.732. The molecule has 23 heavy (non-hydrogen) atoms. The summed E-state index contributed by atoms with van der Waals surface area (Å²) in [6.45, 7) is 0. The largest absolute Gasteiger partial charge is 0.158 e. The van der Waals surface area contributed by atoms with Gasteiger partial charge in [-0.05, 0) is 11.6 Å². The van der Waals surface area contributed by atoms with E-state index >= 15 is 0 Å². The van der Waals surface area contributed by atoms with Crippen molar-refractivity contribution in [2.24, 2.45) is 0 Å². The quantitative estimate of drug-likeness (QED) is 0.480. The molecule has 110 valence electrons. The summed E-state index contributed by atoms with van der Waals surface area (Å²) in [5.74, 6) is 0. The second-order valence-corrected chi connectivity index (χ2v) is 5.72. The zero-order valence-corrected chi connectivity index (χ0v) is 13.0. The topological polar surface area (TPSA) is 25.8 Å². The predicted molar refractivity (Wildman–Crippen MR) is 95.4 cm³/mol. The number of aromatic nitrogens is 2. The number of hydrogen-bond donors (Lipinski definition) is 0. The van der Waals surface area contributed by atoms with Gasteiger partial charge in [-0.3, -0.25) is 0 Å². The second kappa shape index (κ2) is 5.82. The van der Waals surface area contributed by atoms with Gasteiger partial charge in [0, 0.05) is 26.9 Å².